The van der Waals surface area contributed by atoms with E-state index in [0.29, 0.717) is 29.1 Å². The first-order valence-electron chi connectivity index (χ1n) is 11.1. The van der Waals surface area contributed by atoms with Gasteiger partial charge in [-0.3, -0.25) is 14.5 Å². The molecule has 1 fully saturated rings. The van der Waals surface area contributed by atoms with Gasteiger partial charge < -0.3 is 19.3 Å². The van der Waals surface area contributed by atoms with Gasteiger partial charge in [0, 0.05) is 42.1 Å². The molecular formula is C25H29N3O5. The number of carbonyl (C=O) groups excluding carboxylic acids is 2. The van der Waals surface area contributed by atoms with Crippen molar-refractivity contribution in [3.05, 3.63) is 53.8 Å². The second kappa shape index (κ2) is 9.72. The molecule has 0 unspecified atom stereocenters. The molecule has 33 heavy (non-hydrogen) atoms. The number of nitrogens with zero attached hydrogens (tertiary/aromatic N) is 2. The maximum atomic E-state index is 13.0. The van der Waals surface area contributed by atoms with Gasteiger partial charge in [0.2, 0.25) is 0 Å². The number of aromatic nitrogens is 1. The first-order chi connectivity index (χ1) is 15.8. The molecule has 4 rings (SSSR count). The zero-order chi connectivity index (χ0) is 23.4. The smallest absolute Gasteiger partial charge is 0.298 e. The van der Waals surface area contributed by atoms with Crippen LogP contribution in [0.5, 0.6) is 5.75 Å². The lowest BCUT2D eigenvalue weighted by Crippen LogP contribution is -2.38. The summed E-state index contributed by atoms with van der Waals surface area (Å²) >= 11 is 0. The third-order valence-corrected chi connectivity index (χ3v) is 5.59. The minimum atomic E-state index is -0.769. The molecule has 8 nitrogen and oxygen atoms in total. The van der Waals surface area contributed by atoms with Crippen LogP contribution >= 0.6 is 0 Å². The monoisotopic (exact) mass is 451 g/mol. The van der Waals surface area contributed by atoms with E-state index < -0.39 is 11.7 Å². The van der Waals surface area contributed by atoms with Crippen LogP contribution < -0.4 is 10.1 Å². The van der Waals surface area contributed by atoms with E-state index in [4.69, 9.17) is 14.0 Å². The molecule has 8 heteroatoms. The summed E-state index contributed by atoms with van der Waals surface area (Å²) in [5.74, 6) is 0.100. The summed E-state index contributed by atoms with van der Waals surface area (Å²) in [5, 5.41) is 7.85. The number of anilines is 1. The van der Waals surface area contributed by atoms with Crippen molar-refractivity contribution in [3.63, 3.8) is 0 Å². The second-order valence-electron chi connectivity index (χ2n) is 9.07. The fraction of sp³-hybridized carbons (Fsp3) is 0.400. The Hall–Kier alpha value is -3.23. The Morgan fingerprint density at radius 3 is 2.52 bits per heavy atom. The number of Topliss-reactive ketones (excluding diaryl/α,β-unsaturated/α-hetero) is 1. The normalized spacial score (nSPS) is 14.9. The fourth-order valence-corrected chi connectivity index (χ4v) is 3.69. The van der Waals surface area contributed by atoms with E-state index in [0.717, 1.165) is 38.2 Å². The van der Waals surface area contributed by atoms with Crippen LogP contribution in [0.1, 0.15) is 36.9 Å². The largest absolute Gasteiger partial charge is 0.492 e. The topological polar surface area (TPSA) is 93.9 Å². The van der Waals surface area contributed by atoms with Crippen LogP contribution in [-0.2, 0) is 14.9 Å². The number of fused-ring (bicyclic) bond motifs is 1. The van der Waals surface area contributed by atoms with Crippen LogP contribution in [0.3, 0.4) is 0 Å². The highest BCUT2D eigenvalue weighted by Crippen LogP contribution is 2.29. The first kappa shape index (κ1) is 22.9. The van der Waals surface area contributed by atoms with Crippen molar-refractivity contribution in [1.29, 1.82) is 0 Å². The molecule has 1 aromatic heterocycles. The molecule has 174 valence electrons. The minimum absolute atomic E-state index is 0.214. The molecule has 1 aliphatic heterocycles. The van der Waals surface area contributed by atoms with Gasteiger partial charge in [0.25, 0.3) is 11.7 Å². The van der Waals surface area contributed by atoms with E-state index >= 15 is 0 Å². The number of amides is 1. The Kier molecular flexibility index (Phi) is 6.76. The number of hydrogen-bond donors (Lipinski definition) is 1. The molecule has 1 aliphatic rings. The van der Waals surface area contributed by atoms with Gasteiger partial charge in [0.05, 0.1) is 13.2 Å². The van der Waals surface area contributed by atoms with E-state index in [1.54, 1.807) is 18.2 Å². The maximum absolute atomic E-state index is 13.0. The van der Waals surface area contributed by atoms with Crippen LogP contribution in [0.2, 0.25) is 0 Å². The van der Waals surface area contributed by atoms with Crippen molar-refractivity contribution >= 4 is 28.3 Å². The molecule has 1 saturated heterocycles. The Bertz CT molecular complexity index is 1140. The average molecular weight is 452 g/mol. The molecule has 1 N–H and O–H groups in total. The summed E-state index contributed by atoms with van der Waals surface area (Å²) in [6.45, 7) is 10.5. The minimum Gasteiger partial charge on any atom is -0.492 e. The number of ether oxygens (including phenoxy) is 2. The standard InChI is InChI=1S/C25H29N3O5/c1-25(2,3)21-16-22(27-33-21)26-24(30)23(29)19-8-9-20(18-7-5-4-6-17(18)19)32-15-12-28-10-13-31-14-11-28/h4-9,16H,10-15H2,1-3H3,(H,26,27,30). The summed E-state index contributed by atoms with van der Waals surface area (Å²) in [4.78, 5) is 27.9. The van der Waals surface area contributed by atoms with Crippen molar-refractivity contribution < 1.29 is 23.6 Å². The Labute approximate surface area is 192 Å². The molecule has 0 bridgehead atoms. The quantitative estimate of drug-likeness (QED) is 0.433. The molecule has 0 aliphatic carbocycles. The third kappa shape index (κ3) is 5.40. The highest BCUT2D eigenvalue weighted by Gasteiger charge is 2.24. The van der Waals surface area contributed by atoms with Crippen molar-refractivity contribution in [2.24, 2.45) is 0 Å². The molecule has 1 amide bonds. The molecular weight excluding hydrogens is 422 g/mol. The fourth-order valence-electron chi connectivity index (χ4n) is 3.69. The number of rotatable bonds is 7. The number of morpholine rings is 1. The molecule has 0 atom stereocenters. The molecule has 0 radical (unpaired) electrons. The SMILES string of the molecule is CC(C)(C)c1cc(NC(=O)C(=O)c2ccc(OCCN3CCOCC3)c3ccccc23)no1. The van der Waals surface area contributed by atoms with Gasteiger partial charge in [-0.25, -0.2) is 0 Å². The summed E-state index contributed by atoms with van der Waals surface area (Å²) in [6, 6.07) is 12.4. The molecule has 0 saturated carbocycles. The second-order valence-corrected chi connectivity index (χ2v) is 9.07. The number of hydrogen-bond acceptors (Lipinski definition) is 7. The highest BCUT2D eigenvalue weighted by atomic mass is 16.5. The first-order valence-corrected chi connectivity index (χ1v) is 11.1. The zero-order valence-electron chi connectivity index (χ0n) is 19.2. The van der Waals surface area contributed by atoms with Crippen LogP contribution in [0.4, 0.5) is 5.82 Å². The van der Waals surface area contributed by atoms with Crippen molar-refractivity contribution in [3.8, 4) is 5.75 Å². The number of carbonyl (C=O) groups is 2. The Morgan fingerprint density at radius 2 is 1.82 bits per heavy atom. The molecule has 3 aromatic rings. The summed E-state index contributed by atoms with van der Waals surface area (Å²) in [5.41, 5.74) is 0.0523. The van der Waals surface area contributed by atoms with Crippen LogP contribution in [0.25, 0.3) is 10.8 Å². The highest BCUT2D eigenvalue weighted by molar-refractivity contribution is 6.48. The summed E-state index contributed by atoms with van der Waals surface area (Å²) < 4.78 is 16.7. The van der Waals surface area contributed by atoms with Crippen molar-refractivity contribution in [1.82, 2.24) is 10.1 Å². The zero-order valence-corrected chi connectivity index (χ0v) is 19.2. The summed E-state index contributed by atoms with van der Waals surface area (Å²) in [6.07, 6.45) is 0. The average Bonchev–Trinajstić information content (AvgIpc) is 3.28. The van der Waals surface area contributed by atoms with E-state index in [2.05, 4.69) is 15.4 Å². The van der Waals surface area contributed by atoms with Crippen molar-refractivity contribution in [2.45, 2.75) is 26.2 Å². The van der Waals surface area contributed by atoms with Gasteiger partial charge in [-0.2, -0.15) is 0 Å². The maximum Gasteiger partial charge on any atom is 0.298 e. The number of ketones is 1. The van der Waals surface area contributed by atoms with Gasteiger partial charge in [-0.05, 0) is 17.5 Å². The predicted molar refractivity (Wildman–Crippen MR) is 125 cm³/mol. The Balaban J connectivity index is 1.48. The van der Waals surface area contributed by atoms with Crippen LogP contribution in [0.15, 0.2) is 47.0 Å². The van der Waals surface area contributed by atoms with Gasteiger partial charge >= 0.3 is 0 Å². The van der Waals surface area contributed by atoms with Gasteiger partial charge in [0.1, 0.15) is 18.1 Å². The number of nitrogens with one attached hydrogen (secondary N) is 1. The van der Waals surface area contributed by atoms with Gasteiger partial charge in [0.15, 0.2) is 5.82 Å². The number of benzene rings is 2. The molecule has 2 heterocycles. The third-order valence-electron chi connectivity index (χ3n) is 5.59. The van der Waals surface area contributed by atoms with Gasteiger partial charge in [-0.15, -0.1) is 0 Å². The van der Waals surface area contributed by atoms with E-state index in [9.17, 15) is 9.59 Å². The molecule has 2 aromatic carbocycles. The van der Waals surface area contributed by atoms with Crippen molar-refractivity contribution in [2.75, 3.05) is 44.8 Å². The molecule has 0 spiro atoms. The lowest BCUT2D eigenvalue weighted by molar-refractivity contribution is -0.112. The predicted octanol–water partition coefficient (Wildman–Crippen LogP) is 3.66. The van der Waals surface area contributed by atoms with Crippen LogP contribution in [-0.4, -0.2) is 61.2 Å². The lowest BCUT2D eigenvalue weighted by Gasteiger charge is -2.26. The van der Waals surface area contributed by atoms with Crippen LogP contribution in [0, 0.1) is 0 Å². The summed E-state index contributed by atoms with van der Waals surface area (Å²) in [7, 11) is 0. The van der Waals surface area contributed by atoms with E-state index in [1.807, 2.05) is 45.0 Å². The Morgan fingerprint density at radius 1 is 1.09 bits per heavy atom. The van der Waals surface area contributed by atoms with E-state index in [-0.39, 0.29) is 11.2 Å². The van der Waals surface area contributed by atoms with Gasteiger partial charge in [-0.1, -0.05) is 50.2 Å². The lowest BCUT2D eigenvalue weighted by atomic mass is 9.93. The van der Waals surface area contributed by atoms with E-state index in [1.165, 1.54) is 0 Å².